The van der Waals surface area contributed by atoms with Crippen molar-refractivity contribution in [2.75, 3.05) is 7.05 Å². The molecule has 19 heavy (non-hydrogen) atoms. The van der Waals surface area contributed by atoms with Crippen molar-refractivity contribution < 1.29 is 0 Å². The second-order valence-electron chi connectivity index (χ2n) is 4.65. The number of aromatic nitrogens is 4. The zero-order valence-electron chi connectivity index (χ0n) is 11.8. The number of rotatable bonds is 6. The molecule has 1 N–H and O–H groups in total. The first kappa shape index (κ1) is 13.7. The van der Waals surface area contributed by atoms with Crippen LogP contribution in [0.4, 0.5) is 0 Å². The predicted octanol–water partition coefficient (Wildman–Crippen LogP) is 1.89. The van der Waals surface area contributed by atoms with Crippen molar-refractivity contribution >= 4 is 0 Å². The fourth-order valence-corrected chi connectivity index (χ4v) is 2.23. The van der Waals surface area contributed by atoms with Crippen LogP contribution in [0.15, 0.2) is 24.7 Å². The van der Waals surface area contributed by atoms with Crippen LogP contribution in [0.2, 0.25) is 0 Å². The molecule has 2 heterocycles. The molecule has 0 aliphatic heterocycles. The Kier molecular flexibility index (Phi) is 4.63. The molecule has 0 fully saturated rings. The van der Waals surface area contributed by atoms with E-state index in [4.69, 9.17) is 0 Å². The van der Waals surface area contributed by atoms with E-state index in [0.29, 0.717) is 0 Å². The first-order valence-corrected chi connectivity index (χ1v) is 6.71. The van der Waals surface area contributed by atoms with Gasteiger partial charge in [-0.15, -0.1) is 0 Å². The summed E-state index contributed by atoms with van der Waals surface area (Å²) in [5.41, 5.74) is 2.28. The van der Waals surface area contributed by atoms with Crippen molar-refractivity contribution in [1.82, 2.24) is 25.1 Å². The Morgan fingerprint density at radius 1 is 1.37 bits per heavy atom. The lowest BCUT2D eigenvalue weighted by atomic mass is 10.0. The molecule has 1 unspecified atom stereocenters. The minimum absolute atomic E-state index is 0.168. The molecule has 2 aromatic rings. The molecule has 0 aliphatic carbocycles. The lowest BCUT2D eigenvalue weighted by Crippen LogP contribution is -2.23. The third kappa shape index (κ3) is 3.17. The molecular weight excluding hydrogens is 238 g/mol. The summed E-state index contributed by atoms with van der Waals surface area (Å²) in [4.78, 5) is 8.85. The van der Waals surface area contributed by atoms with Gasteiger partial charge in [0.2, 0.25) is 0 Å². The summed E-state index contributed by atoms with van der Waals surface area (Å²) in [6, 6.07) is 4.22. The number of nitrogens with one attached hydrogen (secondary N) is 1. The molecule has 0 saturated carbocycles. The summed E-state index contributed by atoms with van der Waals surface area (Å²) in [5, 5.41) is 7.59. The van der Waals surface area contributed by atoms with E-state index in [1.807, 2.05) is 24.0 Å². The molecule has 1 atom stereocenters. The Balaban J connectivity index is 2.19. The van der Waals surface area contributed by atoms with Gasteiger partial charge < -0.3 is 5.32 Å². The van der Waals surface area contributed by atoms with Crippen molar-refractivity contribution in [3.63, 3.8) is 0 Å². The number of nitrogens with zero attached hydrogens (tertiary/aromatic N) is 4. The Morgan fingerprint density at radius 2 is 2.21 bits per heavy atom. The highest BCUT2D eigenvalue weighted by atomic mass is 15.3. The molecule has 0 saturated heterocycles. The summed E-state index contributed by atoms with van der Waals surface area (Å²) >= 11 is 0. The smallest absolute Gasteiger partial charge is 0.138 e. The minimum Gasteiger partial charge on any atom is -0.311 e. The number of hydrogen-bond donors (Lipinski definition) is 1. The number of pyridine rings is 1. The highest BCUT2D eigenvalue weighted by molar-refractivity contribution is 5.22. The number of likely N-dealkylation sites (N-methyl/N-ethyl adjacent to an activating group) is 1. The molecule has 102 valence electrons. The monoisotopic (exact) mass is 259 g/mol. The van der Waals surface area contributed by atoms with Gasteiger partial charge in [0.25, 0.3) is 0 Å². The van der Waals surface area contributed by atoms with E-state index in [1.54, 1.807) is 6.33 Å². The Hall–Kier alpha value is -1.75. The van der Waals surface area contributed by atoms with Crippen molar-refractivity contribution in [3.8, 4) is 0 Å². The molecule has 2 aromatic heterocycles. The van der Waals surface area contributed by atoms with Gasteiger partial charge in [0.05, 0.1) is 11.7 Å². The fraction of sp³-hybridized carbons (Fsp3) is 0.500. The van der Waals surface area contributed by atoms with Gasteiger partial charge in [0.15, 0.2) is 0 Å². The van der Waals surface area contributed by atoms with E-state index in [2.05, 4.69) is 40.3 Å². The Morgan fingerprint density at radius 3 is 2.89 bits per heavy atom. The SMILES string of the molecule is CCCn1ncnc1CC(NC)c1ncccc1C. The molecule has 2 rings (SSSR count). The van der Waals surface area contributed by atoms with Crippen LogP contribution >= 0.6 is 0 Å². The van der Waals surface area contributed by atoms with E-state index in [0.717, 1.165) is 30.9 Å². The van der Waals surface area contributed by atoms with Crippen LogP contribution in [0, 0.1) is 6.92 Å². The molecule has 0 aliphatic rings. The van der Waals surface area contributed by atoms with Gasteiger partial charge in [-0.3, -0.25) is 9.67 Å². The van der Waals surface area contributed by atoms with E-state index in [1.165, 1.54) is 5.56 Å². The number of hydrogen-bond acceptors (Lipinski definition) is 4. The zero-order chi connectivity index (χ0) is 13.7. The van der Waals surface area contributed by atoms with Gasteiger partial charge in [-0.1, -0.05) is 13.0 Å². The van der Waals surface area contributed by atoms with Crippen molar-refractivity contribution in [2.45, 2.75) is 39.3 Å². The lowest BCUT2D eigenvalue weighted by Gasteiger charge is -2.17. The second-order valence-corrected chi connectivity index (χ2v) is 4.65. The van der Waals surface area contributed by atoms with Crippen molar-refractivity contribution in [3.05, 3.63) is 41.7 Å². The highest BCUT2D eigenvalue weighted by Gasteiger charge is 2.16. The van der Waals surface area contributed by atoms with Crippen LogP contribution in [-0.4, -0.2) is 26.8 Å². The second kappa shape index (κ2) is 6.43. The fourth-order valence-electron chi connectivity index (χ4n) is 2.23. The molecule has 0 bridgehead atoms. The molecule has 5 nitrogen and oxygen atoms in total. The number of aryl methyl sites for hydroxylation is 2. The quantitative estimate of drug-likeness (QED) is 0.860. The topological polar surface area (TPSA) is 55.6 Å². The zero-order valence-corrected chi connectivity index (χ0v) is 11.8. The van der Waals surface area contributed by atoms with E-state index >= 15 is 0 Å². The molecule has 0 spiro atoms. The summed E-state index contributed by atoms with van der Waals surface area (Å²) in [5.74, 6) is 1.01. The highest BCUT2D eigenvalue weighted by Crippen LogP contribution is 2.18. The summed E-state index contributed by atoms with van der Waals surface area (Å²) in [6.45, 7) is 5.14. The molecule has 5 heteroatoms. The first-order chi connectivity index (χ1) is 9.26. The molecule has 0 aromatic carbocycles. The average molecular weight is 259 g/mol. The van der Waals surface area contributed by atoms with Crippen molar-refractivity contribution in [2.24, 2.45) is 0 Å². The Labute approximate surface area is 114 Å². The van der Waals surface area contributed by atoms with Gasteiger partial charge in [-0.25, -0.2) is 4.98 Å². The third-order valence-electron chi connectivity index (χ3n) is 3.25. The van der Waals surface area contributed by atoms with Gasteiger partial charge in [-0.2, -0.15) is 5.10 Å². The molecule has 0 radical (unpaired) electrons. The average Bonchev–Trinajstić information content (AvgIpc) is 2.85. The minimum atomic E-state index is 0.168. The van der Waals surface area contributed by atoms with Gasteiger partial charge in [0.1, 0.15) is 12.2 Å². The van der Waals surface area contributed by atoms with Crippen LogP contribution in [0.5, 0.6) is 0 Å². The molecular formula is C14H21N5. The largest absolute Gasteiger partial charge is 0.311 e. The van der Waals surface area contributed by atoms with Crippen LogP contribution in [0.3, 0.4) is 0 Å². The maximum atomic E-state index is 4.49. The lowest BCUT2D eigenvalue weighted by molar-refractivity contribution is 0.508. The summed E-state index contributed by atoms with van der Waals surface area (Å²) in [6.07, 6.45) is 5.32. The summed E-state index contributed by atoms with van der Waals surface area (Å²) < 4.78 is 1.97. The van der Waals surface area contributed by atoms with Crippen LogP contribution < -0.4 is 5.32 Å². The maximum absolute atomic E-state index is 4.49. The van der Waals surface area contributed by atoms with E-state index < -0.39 is 0 Å². The maximum Gasteiger partial charge on any atom is 0.138 e. The predicted molar refractivity (Wildman–Crippen MR) is 74.8 cm³/mol. The third-order valence-corrected chi connectivity index (χ3v) is 3.25. The van der Waals surface area contributed by atoms with Crippen molar-refractivity contribution in [1.29, 1.82) is 0 Å². The van der Waals surface area contributed by atoms with E-state index in [9.17, 15) is 0 Å². The van der Waals surface area contributed by atoms with E-state index in [-0.39, 0.29) is 6.04 Å². The summed E-state index contributed by atoms with van der Waals surface area (Å²) in [7, 11) is 1.96. The molecule has 0 amide bonds. The van der Waals surface area contributed by atoms with Gasteiger partial charge in [-0.05, 0) is 32.0 Å². The van der Waals surface area contributed by atoms with Gasteiger partial charge in [0, 0.05) is 19.2 Å². The normalized spacial score (nSPS) is 12.6. The standard InChI is InChI=1S/C14H21N5/c1-4-8-19-13(17-10-18-19)9-12(15-3)14-11(2)6-5-7-16-14/h5-7,10,12,15H,4,8-9H2,1-3H3. The van der Waals surface area contributed by atoms with Gasteiger partial charge >= 0.3 is 0 Å². The van der Waals surface area contributed by atoms with Crippen LogP contribution in [-0.2, 0) is 13.0 Å². The van der Waals surface area contributed by atoms with Crippen LogP contribution in [0.25, 0.3) is 0 Å². The van der Waals surface area contributed by atoms with Crippen LogP contribution in [0.1, 0.15) is 36.5 Å². The Bertz CT molecular complexity index is 520. The first-order valence-electron chi connectivity index (χ1n) is 6.71.